The lowest BCUT2D eigenvalue weighted by molar-refractivity contribution is 0.395. The second-order valence-electron chi connectivity index (χ2n) is 5.88. The van der Waals surface area contributed by atoms with E-state index in [1.807, 2.05) is 30.3 Å². The number of methoxy groups -OCH3 is 3. The van der Waals surface area contributed by atoms with Crippen molar-refractivity contribution in [1.29, 1.82) is 0 Å². The molecule has 3 rings (SSSR count). The van der Waals surface area contributed by atoms with Crippen LogP contribution in [-0.2, 0) is 6.42 Å². The van der Waals surface area contributed by atoms with E-state index in [-0.39, 0.29) is 0 Å². The summed E-state index contributed by atoms with van der Waals surface area (Å²) in [6.07, 6.45) is 2.41. The molecule has 0 spiro atoms. The van der Waals surface area contributed by atoms with Crippen LogP contribution in [0, 0.1) is 0 Å². The fraction of sp³-hybridized carbons (Fsp3) is 0.250. The summed E-state index contributed by atoms with van der Waals surface area (Å²) in [5.74, 6) is 3.18. The third-order valence-electron chi connectivity index (χ3n) is 4.07. The fourth-order valence-electron chi connectivity index (χ4n) is 2.63. The zero-order chi connectivity index (χ0) is 19.8. The van der Waals surface area contributed by atoms with E-state index in [2.05, 4.69) is 31.9 Å². The smallest absolute Gasteiger partial charge is 0.249 e. The molecule has 0 aliphatic rings. The number of ether oxygens (including phenoxy) is 3. The van der Waals surface area contributed by atoms with E-state index < -0.39 is 0 Å². The van der Waals surface area contributed by atoms with Crippen LogP contribution < -0.4 is 24.8 Å². The van der Waals surface area contributed by atoms with Crippen LogP contribution in [0.2, 0.25) is 0 Å². The molecule has 1 heterocycles. The highest BCUT2D eigenvalue weighted by atomic mass is 16.5. The Bertz CT molecular complexity index is 920. The zero-order valence-corrected chi connectivity index (χ0v) is 16.1. The average molecular weight is 381 g/mol. The SMILES string of the molecule is COc1cccc(CCNc2cnnc(Nc3ccc(OC)cc3OC)n2)c1. The Morgan fingerprint density at radius 1 is 0.929 bits per heavy atom. The first-order valence-electron chi connectivity index (χ1n) is 8.77. The Balaban J connectivity index is 1.62. The summed E-state index contributed by atoms with van der Waals surface area (Å²) < 4.78 is 15.8. The number of hydrogen-bond donors (Lipinski definition) is 2. The van der Waals surface area contributed by atoms with Gasteiger partial charge in [0.2, 0.25) is 5.95 Å². The standard InChI is InChI=1S/C20H23N5O3/c1-26-15-6-4-5-14(11-15)9-10-21-19-13-22-25-20(24-19)23-17-8-7-16(27-2)12-18(17)28-3/h4-8,11-13H,9-10H2,1-3H3,(H2,21,23,24,25). The predicted molar refractivity (Wildman–Crippen MR) is 108 cm³/mol. The molecule has 146 valence electrons. The van der Waals surface area contributed by atoms with E-state index in [0.29, 0.717) is 29.8 Å². The highest BCUT2D eigenvalue weighted by Crippen LogP contribution is 2.30. The maximum Gasteiger partial charge on any atom is 0.249 e. The van der Waals surface area contributed by atoms with Crippen molar-refractivity contribution in [2.45, 2.75) is 6.42 Å². The van der Waals surface area contributed by atoms with Crippen molar-refractivity contribution in [2.24, 2.45) is 0 Å². The molecule has 0 amide bonds. The molecule has 0 unspecified atom stereocenters. The molecule has 0 saturated carbocycles. The molecule has 2 N–H and O–H groups in total. The Morgan fingerprint density at radius 3 is 2.54 bits per heavy atom. The summed E-state index contributed by atoms with van der Waals surface area (Å²) in [6, 6.07) is 13.4. The molecular weight excluding hydrogens is 358 g/mol. The number of benzene rings is 2. The topological polar surface area (TPSA) is 90.4 Å². The second kappa shape index (κ2) is 9.40. The zero-order valence-electron chi connectivity index (χ0n) is 16.1. The summed E-state index contributed by atoms with van der Waals surface area (Å²) >= 11 is 0. The van der Waals surface area contributed by atoms with Crippen molar-refractivity contribution in [3.05, 3.63) is 54.2 Å². The van der Waals surface area contributed by atoms with Gasteiger partial charge in [0.25, 0.3) is 0 Å². The lowest BCUT2D eigenvalue weighted by Crippen LogP contribution is -2.09. The molecule has 3 aromatic rings. The van der Waals surface area contributed by atoms with Crippen molar-refractivity contribution >= 4 is 17.5 Å². The average Bonchev–Trinajstić information content (AvgIpc) is 2.74. The van der Waals surface area contributed by atoms with Crippen molar-refractivity contribution < 1.29 is 14.2 Å². The van der Waals surface area contributed by atoms with Crippen LogP contribution >= 0.6 is 0 Å². The minimum atomic E-state index is 0.370. The molecule has 2 aromatic carbocycles. The van der Waals surface area contributed by atoms with Crippen LogP contribution in [0.3, 0.4) is 0 Å². The highest BCUT2D eigenvalue weighted by molar-refractivity contribution is 5.64. The van der Waals surface area contributed by atoms with Gasteiger partial charge in [0, 0.05) is 12.6 Å². The summed E-state index contributed by atoms with van der Waals surface area (Å²) in [7, 11) is 4.86. The van der Waals surface area contributed by atoms with Crippen molar-refractivity contribution in [1.82, 2.24) is 15.2 Å². The van der Waals surface area contributed by atoms with Gasteiger partial charge in [-0.25, -0.2) is 0 Å². The van der Waals surface area contributed by atoms with E-state index in [9.17, 15) is 0 Å². The first-order valence-corrected chi connectivity index (χ1v) is 8.77. The van der Waals surface area contributed by atoms with E-state index in [0.717, 1.165) is 17.9 Å². The van der Waals surface area contributed by atoms with Gasteiger partial charge in [0.05, 0.1) is 33.2 Å². The summed E-state index contributed by atoms with van der Waals surface area (Å²) in [5.41, 5.74) is 1.90. The molecule has 1 aromatic heterocycles. The van der Waals surface area contributed by atoms with Crippen molar-refractivity contribution in [3.8, 4) is 17.2 Å². The number of rotatable bonds is 9. The van der Waals surface area contributed by atoms with E-state index in [1.54, 1.807) is 33.6 Å². The molecule has 0 bridgehead atoms. The highest BCUT2D eigenvalue weighted by Gasteiger charge is 2.08. The number of nitrogens with zero attached hydrogens (tertiary/aromatic N) is 3. The first-order chi connectivity index (χ1) is 13.7. The van der Waals surface area contributed by atoms with Crippen LogP contribution in [0.5, 0.6) is 17.2 Å². The summed E-state index contributed by atoms with van der Waals surface area (Å²) in [5, 5.41) is 14.4. The van der Waals surface area contributed by atoms with Gasteiger partial charge in [-0.05, 0) is 36.2 Å². The quantitative estimate of drug-likeness (QED) is 0.583. The van der Waals surface area contributed by atoms with Crippen LogP contribution in [0.15, 0.2) is 48.7 Å². The molecule has 0 radical (unpaired) electrons. The van der Waals surface area contributed by atoms with Crippen LogP contribution in [-0.4, -0.2) is 43.1 Å². The van der Waals surface area contributed by atoms with Gasteiger partial charge >= 0.3 is 0 Å². The number of aromatic nitrogens is 3. The minimum absolute atomic E-state index is 0.370. The monoisotopic (exact) mass is 381 g/mol. The first kappa shape index (κ1) is 19.2. The van der Waals surface area contributed by atoms with Gasteiger partial charge < -0.3 is 24.8 Å². The Labute approximate surface area is 163 Å². The maximum absolute atomic E-state index is 5.38. The molecule has 28 heavy (non-hydrogen) atoms. The van der Waals surface area contributed by atoms with Gasteiger partial charge in [-0.2, -0.15) is 10.1 Å². The van der Waals surface area contributed by atoms with E-state index >= 15 is 0 Å². The minimum Gasteiger partial charge on any atom is -0.497 e. The molecule has 0 atom stereocenters. The van der Waals surface area contributed by atoms with Crippen molar-refractivity contribution in [2.75, 3.05) is 38.5 Å². The summed E-state index contributed by atoms with van der Waals surface area (Å²) in [4.78, 5) is 4.44. The van der Waals surface area contributed by atoms with Crippen molar-refractivity contribution in [3.63, 3.8) is 0 Å². The van der Waals surface area contributed by atoms with E-state index in [1.165, 1.54) is 5.56 Å². The lowest BCUT2D eigenvalue weighted by Gasteiger charge is -2.12. The van der Waals surface area contributed by atoms with E-state index in [4.69, 9.17) is 14.2 Å². The largest absolute Gasteiger partial charge is 0.497 e. The molecule has 0 aliphatic heterocycles. The van der Waals surface area contributed by atoms with Gasteiger partial charge in [-0.3, -0.25) is 0 Å². The van der Waals surface area contributed by atoms with Crippen LogP contribution in [0.1, 0.15) is 5.56 Å². The summed E-state index contributed by atoms with van der Waals surface area (Å²) in [6.45, 7) is 0.706. The fourth-order valence-corrected chi connectivity index (χ4v) is 2.63. The van der Waals surface area contributed by atoms with Gasteiger partial charge in [-0.1, -0.05) is 12.1 Å². The number of nitrogens with one attached hydrogen (secondary N) is 2. The lowest BCUT2D eigenvalue weighted by atomic mass is 10.1. The molecule has 0 aliphatic carbocycles. The maximum atomic E-state index is 5.38. The van der Waals surface area contributed by atoms with Gasteiger partial charge in [0.1, 0.15) is 17.2 Å². The van der Waals surface area contributed by atoms with Crippen LogP contribution in [0.4, 0.5) is 17.5 Å². The van der Waals surface area contributed by atoms with Gasteiger partial charge in [-0.15, -0.1) is 5.10 Å². The molecule has 0 saturated heterocycles. The Morgan fingerprint density at radius 2 is 1.75 bits per heavy atom. The molecular formula is C20H23N5O3. The van der Waals surface area contributed by atoms with Gasteiger partial charge in [0.15, 0.2) is 5.82 Å². The Kier molecular flexibility index (Phi) is 6.46. The Hall–Kier alpha value is -3.55. The molecule has 0 fully saturated rings. The third kappa shape index (κ3) is 5.00. The van der Waals surface area contributed by atoms with Crippen LogP contribution in [0.25, 0.3) is 0 Å². The number of hydrogen-bond acceptors (Lipinski definition) is 8. The second-order valence-corrected chi connectivity index (χ2v) is 5.88. The molecule has 8 nitrogen and oxygen atoms in total. The third-order valence-corrected chi connectivity index (χ3v) is 4.07. The normalized spacial score (nSPS) is 10.2. The molecule has 8 heteroatoms. The predicted octanol–water partition coefficient (Wildman–Crippen LogP) is 3.30. The number of anilines is 3.